The van der Waals surface area contributed by atoms with Gasteiger partial charge in [-0.2, -0.15) is 0 Å². The first-order valence-electron chi connectivity index (χ1n) is 9.03. The summed E-state index contributed by atoms with van der Waals surface area (Å²) in [5.74, 6) is 1.30. The Morgan fingerprint density at radius 3 is 2.67 bits per heavy atom. The SMILES string of the molecule is CN=C(NCc1ccc(S(C)(=O)=O)c(C)c1)NC1C2CCOC2C1(C)C.I. The molecule has 0 aromatic heterocycles. The molecule has 6 nitrogen and oxygen atoms in total. The fraction of sp³-hybridized carbons (Fsp3) is 0.632. The topological polar surface area (TPSA) is 79.8 Å². The highest BCUT2D eigenvalue weighted by Gasteiger charge is 2.59. The summed E-state index contributed by atoms with van der Waals surface area (Å²) in [6.07, 6.45) is 2.66. The van der Waals surface area contributed by atoms with Crippen molar-refractivity contribution in [3.05, 3.63) is 29.3 Å². The van der Waals surface area contributed by atoms with Crippen LogP contribution in [0.2, 0.25) is 0 Å². The van der Waals surface area contributed by atoms with Gasteiger partial charge in [0.2, 0.25) is 0 Å². The second kappa shape index (κ2) is 8.24. The van der Waals surface area contributed by atoms with Crippen molar-refractivity contribution >= 4 is 39.8 Å². The van der Waals surface area contributed by atoms with Crippen LogP contribution in [-0.4, -0.2) is 46.4 Å². The molecule has 1 aliphatic heterocycles. The Labute approximate surface area is 179 Å². The molecule has 27 heavy (non-hydrogen) atoms. The lowest BCUT2D eigenvalue weighted by atomic mass is 9.57. The summed E-state index contributed by atoms with van der Waals surface area (Å²) in [4.78, 5) is 4.72. The number of ether oxygens (including phenoxy) is 1. The third-order valence-electron chi connectivity index (χ3n) is 5.72. The molecule has 1 aromatic rings. The van der Waals surface area contributed by atoms with Gasteiger partial charge in [-0.25, -0.2) is 8.42 Å². The van der Waals surface area contributed by atoms with Gasteiger partial charge in [-0.3, -0.25) is 4.99 Å². The van der Waals surface area contributed by atoms with Crippen LogP contribution < -0.4 is 10.6 Å². The van der Waals surface area contributed by atoms with E-state index in [2.05, 4.69) is 29.5 Å². The number of nitrogens with one attached hydrogen (secondary N) is 2. The van der Waals surface area contributed by atoms with E-state index in [0.29, 0.717) is 29.5 Å². The predicted octanol–water partition coefficient (Wildman–Crippen LogP) is 2.50. The first kappa shape index (κ1) is 22.4. The van der Waals surface area contributed by atoms with E-state index in [1.807, 2.05) is 19.1 Å². The van der Waals surface area contributed by atoms with Crippen LogP contribution in [0.4, 0.5) is 0 Å². The Balaban J connectivity index is 0.00000261. The normalized spacial score (nSPS) is 26.6. The van der Waals surface area contributed by atoms with Gasteiger partial charge in [-0.1, -0.05) is 26.0 Å². The monoisotopic (exact) mass is 507 g/mol. The van der Waals surface area contributed by atoms with E-state index >= 15 is 0 Å². The van der Waals surface area contributed by atoms with E-state index in [-0.39, 0.29) is 29.4 Å². The summed E-state index contributed by atoms with van der Waals surface area (Å²) in [5.41, 5.74) is 1.88. The molecule has 1 saturated carbocycles. The van der Waals surface area contributed by atoms with Gasteiger partial charge in [0.1, 0.15) is 0 Å². The van der Waals surface area contributed by atoms with Gasteiger partial charge in [-0.15, -0.1) is 24.0 Å². The number of nitrogens with zero attached hydrogens (tertiary/aromatic N) is 1. The second-order valence-electron chi connectivity index (χ2n) is 7.99. The van der Waals surface area contributed by atoms with Gasteiger partial charge in [0.15, 0.2) is 15.8 Å². The highest BCUT2D eigenvalue weighted by atomic mass is 127. The summed E-state index contributed by atoms with van der Waals surface area (Å²) in [6.45, 7) is 7.72. The van der Waals surface area contributed by atoms with Crippen molar-refractivity contribution < 1.29 is 13.2 Å². The maximum Gasteiger partial charge on any atom is 0.191 e. The molecule has 0 amide bonds. The number of hydrogen-bond donors (Lipinski definition) is 2. The Kier molecular flexibility index (Phi) is 6.85. The lowest BCUT2D eigenvalue weighted by molar-refractivity contribution is -0.106. The zero-order valence-corrected chi connectivity index (χ0v) is 19.7. The molecule has 2 fully saturated rings. The average Bonchev–Trinajstić information content (AvgIpc) is 3.01. The molecular formula is C19H30IN3O3S. The van der Waals surface area contributed by atoms with Crippen LogP contribution >= 0.6 is 24.0 Å². The largest absolute Gasteiger partial charge is 0.377 e. The van der Waals surface area contributed by atoms with Crippen LogP contribution in [-0.2, 0) is 21.1 Å². The summed E-state index contributed by atoms with van der Waals surface area (Å²) in [5, 5.41) is 6.88. The minimum atomic E-state index is -3.19. The van der Waals surface area contributed by atoms with E-state index in [0.717, 1.165) is 30.1 Å². The van der Waals surface area contributed by atoms with Crippen molar-refractivity contribution in [2.45, 2.75) is 50.8 Å². The average molecular weight is 507 g/mol. The molecule has 0 radical (unpaired) electrons. The van der Waals surface area contributed by atoms with Gasteiger partial charge in [0, 0.05) is 43.8 Å². The van der Waals surface area contributed by atoms with Crippen molar-refractivity contribution in [3.8, 4) is 0 Å². The maximum absolute atomic E-state index is 11.7. The smallest absolute Gasteiger partial charge is 0.191 e. The first-order chi connectivity index (χ1) is 12.1. The first-order valence-corrected chi connectivity index (χ1v) is 10.9. The molecule has 3 atom stereocenters. The maximum atomic E-state index is 11.7. The zero-order valence-electron chi connectivity index (χ0n) is 16.6. The lowest BCUT2D eigenvalue weighted by Gasteiger charge is -2.54. The van der Waals surface area contributed by atoms with Crippen molar-refractivity contribution in [3.63, 3.8) is 0 Å². The molecule has 3 unspecified atom stereocenters. The Hall–Kier alpha value is -0.870. The van der Waals surface area contributed by atoms with Gasteiger partial charge in [0.25, 0.3) is 0 Å². The number of fused-ring (bicyclic) bond motifs is 1. The van der Waals surface area contributed by atoms with E-state index in [4.69, 9.17) is 4.74 Å². The molecule has 0 bridgehead atoms. The molecular weight excluding hydrogens is 477 g/mol. The number of rotatable bonds is 4. The Morgan fingerprint density at radius 1 is 1.37 bits per heavy atom. The van der Waals surface area contributed by atoms with E-state index in [1.54, 1.807) is 13.1 Å². The molecule has 1 saturated heterocycles. The highest BCUT2D eigenvalue weighted by Crippen LogP contribution is 2.52. The molecule has 152 valence electrons. The van der Waals surface area contributed by atoms with Crippen molar-refractivity contribution in [1.82, 2.24) is 10.6 Å². The Bertz CT molecular complexity index is 823. The van der Waals surface area contributed by atoms with Crippen molar-refractivity contribution in [1.29, 1.82) is 0 Å². The molecule has 1 heterocycles. The van der Waals surface area contributed by atoms with Crippen LogP contribution in [0.3, 0.4) is 0 Å². The molecule has 3 rings (SSSR count). The number of guanidine groups is 1. The predicted molar refractivity (Wildman–Crippen MR) is 118 cm³/mol. The highest BCUT2D eigenvalue weighted by molar-refractivity contribution is 14.0. The van der Waals surface area contributed by atoms with Gasteiger partial charge in [-0.05, 0) is 30.5 Å². The molecule has 1 aromatic carbocycles. The summed E-state index contributed by atoms with van der Waals surface area (Å²) in [6, 6.07) is 5.77. The third kappa shape index (κ3) is 4.42. The van der Waals surface area contributed by atoms with Gasteiger partial charge in [0.05, 0.1) is 11.0 Å². The van der Waals surface area contributed by atoms with Crippen LogP contribution in [0.1, 0.15) is 31.4 Å². The summed E-state index contributed by atoms with van der Waals surface area (Å²) in [7, 11) is -1.42. The quantitative estimate of drug-likeness (QED) is 0.372. The van der Waals surface area contributed by atoms with Crippen LogP contribution in [0.5, 0.6) is 0 Å². The van der Waals surface area contributed by atoms with E-state index < -0.39 is 9.84 Å². The Morgan fingerprint density at radius 2 is 2.07 bits per heavy atom. The second-order valence-corrected chi connectivity index (χ2v) is 9.97. The summed E-state index contributed by atoms with van der Waals surface area (Å²) < 4.78 is 29.3. The number of aryl methyl sites for hydroxylation is 1. The van der Waals surface area contributed by atoms with Crippen LogP contribution in [0.15, 0.2) is 28.1 Å². The fourth-order valence-electron chi connectivity index (χ4n) is 4.38. The number of sulfone groups is 1. The molecule has 2 N–H and O–H groups in total. The molecule has 0 spiro atoms. The number of halogens is 1. The minimum Gasteiger partial charge on any atom is -0.377 e. The zero-order chi connectivity index (χ0) is 19.1. The standard InChI is InChI=1S/C19H29N3O3S.HI/c1-12-10-13(6-7-15(12)26(5,23)24)11-21-18(20-4)22-16-14-8-9-25-17(14)19(16,2)3;/h6-7,10,14,16-17H,8-9,11H2,1-5H3,(H2,20,21,22);1H. The third-order valence-corrected chi connectivity index (χ3v) is 6.97. The van der Waals surface area contributed by atoms with Crippen LogP contribution in [0.25, 0.3) is 0 Å². The fourth-order valence-corrected chi connectivity index (χ4v) is 5.34. The van der Waals surface area contributed by atoms with E-state index in [1.165, 1.54) is 6.26 Å². The molecule has 1 aliphatic carbocycles. The van der Waals surface area contributed by atoms with Gasteiger partial charge < -0.3 is 15.4 Å². The number of hydrogen-bond acceptors (Lipinski definition) is 4. The van der Waals surface area contributed by atoms with Crippen molar-refractivity contribution in [2.24, 2.45) is 16.3 Å². The van der Waals surface area contributed by atoms with Gasteiger partial charge >= 0.3 is 0 Å². The minimum absolute atomic E-state index is 0. The number of benzene rings is 1. The molecule has 2 aliphatic rings. The summed E-state index contributed by atoms with van der Waals surface area (Å²) >= 11 is 0. The molecule has 8 heteroatoms. The van der Waals surface area contributed by atoms with Crippen LogP contribution in [0, 0.1) is 18.3 Å². The van der Waals surface area contributed by atoms with E-state index in [9.17, 15) is 8.42 Å². The van der Waals surface area contributed by atoms with Crippen molar-refractivity contribution in [2.75, 3.05) is 19.9 Å². The lowest BCUT2D eigenvalue weighted by Crippen LogP contribution is -2.67. The number of aliphatic imine (C=N–C) groups is 1.